The van der Waals surface area contributed by atoms with Crippen LogP contribution in [0.3, 0.4) is 0 Å². The van der Waals surface area contributed by atoms with E-state index in [1.165, 1.54) is 5.56 Å². The standard InChI is InChI=1S/C27H24F2N6/c1-17(22-11-27(28,29)12-22)35-15-20-3-2-19(10-21(20)16-35)26-30-9-8-25(34-26)33-24-6-4-18(5-7-24)23-13-31-32-14-23/h2-10,13-14,22H,1,11-12,15-16H2,(H,31,32)(H,30,33,34). The van der Waals surface area contributed by atoms with Gasteiger partial charge in [0.05, 0.1) is 6.20 Å². The van der Waals surface area contributed by atoms with E-state index in [2.05, 4.69) is 44.1 Å². The molecule has 0 bridgehead atoms. The van der Waals surface area contributed by atoms with Crippen LogP contribution in [0, 0.1) is 5.92 Å². The Kier molecular flexibility index (Phi) is 5.09. The molecule has 8 heteroatoms. The molecule has 0 spiro atoms. The molecule has 1 aliphatic heterocycles. The summed E-state index contributed by atoms with van der Waals surface area (Å²) in [5.41, 5.74) is 7.12. The minimum Gasteiger partial charge on any atom is -0.366 e. The lowest BCUT2D eigenvalue weighted by atomic mass is 9.79. The minimum absolute atomic E-state index is 0.0936. The van der Waals surface area contributed by atoms with E-state index in [4.69, 9.17) is 4.98 Å². The maximum atomic E-state index is 13.3. The molecular formula is C27H24F2N6. The van der Waals surface area contributed by atoms with Crippen molar-refractivity contribution in [3.8, 4) is 22.5 Å². The van der Waals surface area contributed by atoms with Gasteiger partial charge in [-0.25, -0.2) is 18.7 Å². The number of alkyl halides is 2. The quantitative estimate of drug-likeness (QED) is 0.354. The van der Waals surface area contributed by atoms with Crippen molar-refractivity contribution in [3.05, 3.63) is 90.5 Å². The molecule has 1 saturated carbocycles. The van der Waals surface area contributed by atoms with Gasteiger partial charge in [-0.15, -0.1) is 0 Å². The van der Waals surface area contributed by atoms with Crippen LogP contribution in [0.5, 0.6) is 0 Å². The molecule has 0 unspecified atom stereocenters. The summed E-state index contributed by atoms with van der Waals surface area (Å²) in [5, 5.41) is 10.2. The number of aromatic amines is 1. The highest BCUT2D eigenvalue weighted by molar-refractivity contribution is 5.67. The first-order valence-electron chi connectivity index (χ1n) is 11.6. The van der Waals surface area contributed by atoms with Crippen molar-refractivity contribution in [1.29, 1.82) is 0 Å². The number of H-pyrrole nitrogens is 1. The average molecular weight is 471 g/mol. The molecule has 2 aromatic heterocycles. The molecule has 6 nitrogen and oxygen atoms in total. The van der Waals surface area contributed by atoms with Crippen LogP contribution in [0.2, 0.25) is 0 Å². The van der Waals surface area contributed by atoms with Crippen molar-refractivity contribution < 1.29 is 8.78 Å². The largest absolute Gasteiger partial charge is 0.366 e. The summed E-state index contributed by atoms with van der Waals surface area (Å²) in [5.74, 6) is -1.33. The fourth-order valence-corrected chi connectivity index (χ4v) is 4.76. The Bertz CT molecular complexity index is 1370. The first-order chi connectivity index (χ1) is 16.9. The van der Waals surface area contributed by atoms with Crippen molar-refractivity contribution >= 4 is 11.5 Å². The molecule has 0 saturated heterocycles. The Morgan fingerprint density at radius 1 is 1.00 bits per heavy atom. The second kappa shape index (κ2) is 8.30. The smallest absolute Gasteiger partial charge is 0.249 e. The van der Waals surface area contributed by atoms with Crippen LogP contribution in [-0.4, -0.2) is 31.0 Å². The Labute approximate surface area is 201 Å². The van der Waals surface area contributed by atoms with Crippen LogP contribution in [0.25, 0.3) is 22.5 Å². The Morgan fingerprint density at radius 2 is 1.77 bits per heavy atom. The third-order valence-corrected chi connectivity index (χ3v) is 6.80. The Hall–Kier alpha value is -4.07. The summed E-state index contributed by atoms with van der Waals surface area (Å²) in [4.78, 5) is 11.3. The van der Waals surface area contributed by atoms with E-state index < -0.39 is 5.92 Å². The number of aromatic nitrogens is 4. The highest BCUT2D eigenvalue weighted by atomic mass is 19.3. The molecule has 2 aliphatic rings. The van der Waals surface area contributed by atoms with Gasteiger partial charge in [0.25, 0.3) is 0 Å². The van der Waals surface area contributed by atoms with Gasteiger partial charge in [0.15, 0.2) is 5.82 Å². The number of fused-ring (bicyclic) bond motifs is 1. The second-order valence-electron chi connectivity index (χ2n) is 9.25. The van der Waals surface area contributed by atoms with E-state index in [0.717, 1.165) is 33.6 Å². The fourth-order valence-electron chi connectivity index (χ4n) is 4.76. The lowest BCUT2D eigenvalue weighted by Crippen LogP contribution is -2.39. The van der Waals surface area contributed by atoms with Gasteiger partial charge >= 0.3 is 0 Å². The molecule has 3 heterocycles. The number of hydrogen-bond acceptors (Lipinski definition) is 5. The molecule has 2 aromatic carbocycles. The van der Waals surface area contributed by atoms with Gasteiger partial charge in [-0.05, 0) is 41.0 Å². The highest BCUT2D eigenvalue weighted by Crippen LogP contribution is 2.47. The fraction of sp³-hybridized carbons (Fsp3) is 0.222. The molecule has 4 aromatic rings. The van der Waals surface area contributed by atoms with Gasteiger partial charge in [-0.3, -0.25) is 5.10 Å². The molecule has 2 N–H and O–H groups in total. The lowest BCUT2D eigenvalue weighted by Gasteiger charge is -2.39. The Morgan fingerprint density at radius 3 is 2.51 bits per heavy atom. The maximum absolute atomic E-state index is 13.3. The minimum atomic E-state index is -2.54. The van der Waals surface area contributed by atoms with Crippen molar-refractivity contribution in [2.75, 3.05) is 5.32 Å². The van der Waals surface area contributed by atoms with Crippen LogP contribution < -0.4 is 5.32 Å². The van der Waals surface area contributed by atoms with E-state index in [9.17, 15) is 8.78 Å². The van der Waals surface area contributed by atoms with Crippen LogP contribution in [0.4, 0.5) is 20.3 Å². The molecule has 6 rings (SSSR count). The van der Waals surface area contributed by atoms with Gasteiger partial charge in [0.2, 0.25) is 5.92 Å². The van der Waals surface area contributed by atoms with E-state index in [1.807, 2.05) is 42.6 Å². The van der Waals surface area contributed by atoms with Crippen molar-refractivity contribution in [2.24, 2.45) is 5.92 Å². The Balaban J connectivity index is 1.15. The third-order valence-electron chi connectivity index (χ3n) is 6.80. The average Bonchev–Trinajstić information content (AvgIpc) is 3.52. The first-order valence-corrected chi connectivity index (χ1v) is 11.6. The van der Waals surface area contributed by atoms with Crippen molar-refractivity contribution in [1.82, 2.24) is 25.1 Å². The molecular weight excluding hydrogens is 446 g/mol. The number of hydrogen-bond donors (Lipinski definition) is 2. The second-order valence-corrected chi connectivity index (χ2v) is 9.25. The predicted molar refractivity (Wildman–Crippen MR) is 131 cm³/mol. The number of rotatable bonds is 6. The highest BCUT2D eigenvalue weighted by Gasteiger charge is 2.47. The number of halogens is 2. The lowest BCUT2D eigenvalue weighted by molar-refractivity contribution is -0.105. The van der Waals surface area contributed by atoms with Crippen LogP contribution in [-0.2, 0) is 13.1 Å². The van der Waals surface area contributed by atoms with E-state index >= 15 is 0 Å². The zero-order chi connectivity index (χ0) is 24.0. The van der Waals surface area contributed by atoms with Gasteiger partial charge < -0.3 is 10.2 Å². The SMILES string of the molecule is C=C(C1CC(F)(F)C1)N1Cc2ccc(-c3nccc(Nc4ccc(-c5cn[nH]c5)cc4)n3)cc2C1. The molecule has 0 atom stereocenters. The van der Waals surface area contributed by atoms with E-state index in [-0.39, 0.29) is 18.8 Å². The number of anilines is 2. The van der Waals surface area contributed by atoms with Gasteiger partial charge in [0.1, 0.15) is 5.82 Å². The normalized spacial score (nSPS) is 16.6. The van der Waals surface area contributed by atoms with Crippen molar-refractivity contribution in [3.63, 3.8) is 0 Å². The van der Waals surface area contributed by atoms with E-state index in [1.54, 1.807) is 12.4 Å². The summed E-state index contributed by atoms with van der Waals surface area (Å²) < 4.78 is 26.6. The molecule has 176 valence electrons. The molecule has 1 fully saturated rings. The number of allylic oxidation sites excluding steroid dienone is 1. The van der Waals surface area contributed by atoms with Gasteiger partial charge in [-0.1, -0.05) is 30.8 Å². The summed E-state index contributed by atoms with van der Waals surface area (Å²) >= 11 is 0. The van der Waals surface area contributed by atoms with Crippen LogP contribution in [0.15, 0.2) is 79.4 Å². The summed E-state index contributed by atoms with van der Waals surface area (Å²) in [6.45, 7) is 5.49. The number of nitrogens with zero attached hydrogens (tertiary/aromatic N) is 4. The van der Waals surface area contributed by atoms with Gasteiger partial charge in [-0.2, -0.15) is 5.10 Å². The molecule has 0 amide bonds. The summed E-state index contributed by atoms with van der Waals surface area (Å²) in [6.07, 6.45) is 5.20. The van der Waals surface area contributed by atoms with Crippen LogP contribution in [0.1, 0.15) is 24.0 Å². The maximum Gasteiger partial charge on any atom is 0.249 e. The number of nitrogens with one attached hydrogen (secondary N) is 2. The summed E-state index contributed by atoms with van der Waals surface area (Å²) in [7, 11) is 0. The zero-order valence-electron chi connectivity index (χ0n) is 19.0. The zero-order valence-corrected chi connectivity index (χ0v) is 19.0. The molecule has 1 aliphatic carbocycles. The van der Waals surface area contributed by atoms with Gasteiger partial charge in [0, 0.05) is 66.8 Å². The third kappa shape index (κ3) is 4.27. The topological polar surface area (TPSA) is 69.7 Å². The van der Waals surface area contributed by atoms with Crippen molar-refractivity contribution in [2.45, 2.75) is 31.9 Å². The predicted octanol–water partition coefficient (Wildman–Crippen LogP) is 6.15. The summed E-state index contributed by atoms with van der Waals surface area (Å²) in [6, 6.07) is 16.1. The molecule has 35 heavy (non-hydrogen) atoms. The first kappa shape index (κ1) is 21.5. The molecule has 0 radical (unpaired) electrons. The monoisotopic (exact) mass is 470 g/mol. The van der Waals surface area contributed by atoms with E-state index in [0.29, 0.717) is 24.7 Å². The number of benzene rings is 2. The van der Waals surface area contributed by atoms with Crippen LogP contribution >= 0.6 is 0 Å².